The molecule has 2 N–H and O–H groups in total. The van der Waals surface area contributed by atoms with E-state index in [1.54, 1.807) is 81.4 Å². The van der Waals surface area contributed by atoms with Crippen LogP contribution in [-0.2, 0) is 24.0 Å². The highest BCUT2D eigenvalue weighted by Gasteiger charge is 2.38. The average molecular weight is 502 g/mol. The highest BCUT2D eigenvalue weighted by Crippen LogP contribution is 2.31. The van der Waals surface area contributed by atoms with Crippen LogP contribution in [-0.4, -0.2) is 32.6 Å². The van der Waals surface area contributed by atoms with E-state index in [9.17, 15) is 22.8 Å². The Bertz CT molecular complexity index is 1180. The lowest BCUT2D eigenvalue weighted by molar-refractivity contribution is -0.141. The molecule has 0 bridgehead atoms. The van der Waals surface area contributed by atoms with Gasteiger partial charge < -0.3 is 10.1 Å². The minimum absolute atomic E-state index is 0.0282. The number of amides is 2. The van der Waals surface area contributed by atoms with Crippen molar-refractivity contribution in [2.75, 3.05) is 5.43 Å². The molecule has 2 amide bonds. The number of alkyl halides is 3. The van der Waals surface area contributed by atoms with Gasteiger partial charge in [-0.05, 0) is 31.9 Å². The van der Waals surface area contributed by atoms with Crippen LogP contribution in [0, 0.1) is 0 Å². The molecule has 0 radical (unpaired) electrons. The topological polar surface area (TPSA) is 96.5 Å². The molecule has 190 valence electrons. The minimum atomic E-state index is -4.95. The second-order valence-corrected chi connectivity index (χ2v) is 8.79. The van der Waals surface area contributed by atoms with E-state index in [2.05, 4.69) is 20.7 Å². The first kappa shape index (κ1) is 26.5. The molecule has 0 aliphatic rings. The zero-order valence-corrected chi connectivity index (χ0v) is 20.0. The number of halogens is 3. The summed E-state index contributed by atoms with van der Waals surface area (Å²) < 4.78 is 46.8. The van der Waals surface area contributed by atoms with Crippen LogP contribution in [0.2, 0.25) is 0 Å². The van der Waals surface area contributed by atoms with Crippen molar-refractivity contribution in [2.24, 2.45) is 0 Å². The molecular formula is C25H26F3N5O3. The third-order valence-electron chi connectivity index (χ3n) is 4.63. The van der Waals surface area contributed by atoms with Crippen molar-refractivity contribution in [3.05, 3.63) is 89.2 Å². The number of hydrogen-bond donors (Lipinski definition) is 2. The molecule has 11 heteroatoms. The molecule has 3 aromatic rings. The van der Waals surface area contributed by atoms with Crippen molar-refractivity contribution >= 4 is 17.9 Å². The molecule has 1 aromatic heterocycles. The maximum Gasteiger partial charge on any atom is 0.434 e. The number of anilines is 1. The standard InChI is InChI=1S/C25H26F3N5O3/c1-24(2,3)36-23(35)33(16-18-12-8-5-9-13-18)32-22-30-15-19(20(31-22)25(26,27)28)21(34)29-14-17-10-6-4-7-11-17/h4-13,15H,14,16H2,1-3H3,(H,29,34)(H,30,31,32). The quantitative estimate of drug-likeness (QED) is 0.433. The summed E-state index contributed by atoms with van der Waals surface area (Å²) in [6, 6.07) is 17.5. The Labute approximate surface area is 206 Å². The molecule has 0 saturated carbocycles. The molecule has 36 heavy (non-hydrogen) atoms. The maximum atomic E-state index is 13.8. The maximum absolute atomic E-state index is 13.8. The van der Waals surface area contributed by atoms with Crippen LogP contribution in [0.3, 0.4) is 0 Å². The van der Waals surface area contributed by atoms with Gasteiger partial charge in [0.1, 0.15) is 5.60 Å². The number of nitrogens with zero attached hydrogens (tertiary/aromatic N) is 3. The Morgan fingerprint density at radius 1 is 0.944 bits per heavy atom. The van der Waals surface area contributed by atoms with Gasteiger partial charge in [0.25, 0.3) is 5.91 Å². The first-order valence-electron chi connectivity index (χ1n) is 11.0. The van der Waals surface area contributed by atoms with Gasteiger partial charge in [-0.1, -0.05) is 60.7 Å². The van der Waals surface area contributed by atoms with Gasteiger partial charge in [-0.2, -0.15) is 13.2 Å². The van der Waals surface area contributed by atoms with Gasteiger partial charge in [-0.25, -0.2) is 19.8 Å². The fourth-order valence-corrected chi connectivity index (χ4v) is 3.04. The second kappa shape index (κ2) is 11.1. The molecule has 0 spiro atoms. The van der Waals surface area contributed by atoms with E-state index in [0.717, 1.165) is 11.2 Å². The van der Waals surface area contributed by atoms with E-state index in [0.29, 0.717) is 11.1 Å². The fourth-order valence-electron chi connectivity index (χ4n) is 3.04. The Balaban J connectivity index is 1.86. The molecule has 2 aromatic carbocycles. The van der Waals surface area contributed by atoms with Gasteiger partial charge in [0.05, 0.1) is 12.1 Å². The van der Waals surface area contributed by atoms with Gasteiger partial charge in [0.2, 0.25) is 5.95 Å². The number of rotatable bonds is 7. The molecule has 8 nitrogen and oxygen atoms in total. The Morgan fingerprint density at radius 3 is 2.08 bits per heavy atom. The number of nitrogens with one attached hydrogen (secondary N) is 2. The van der Waals surface area contributed by atoms with Gasteiger partial charge in [0, 0.05) is 12.7 Å². The van der Waals surface area contributed by atoms with Gasteiger partial charge in [-0.3, -0.25) is 10.2 Å². The van der Waals surface area contributed by atoms with E-state index >= 15 is 0 Å². The number of aromatic nitrogens is 2. The van der Waals surface area contributed by atoms with Crippen LogP contribution in [0.15, 0.2) is 66.9 Å². The largest absolute Gasteiger partial charge is 0.442 e. The monoisotopic (exact) mass is 501 g/mol. The number of carbonyl (C=O) groups is 2. The lowest BCUT2D eigenvalue weighted by atomic mass is 10.2. The molecular weight excluding hydrogens is 475 g/mol. The lowest BCUT2D eigenvalue weighted by Crippen LogP contribution is -2.40. The smallest absolute Gasteiger partial charge is 0.434 e. The van der Waals surface area contributed by atoms with Crippen LogP contribution < -0.4 is 10.7 Å². The molecule has 0 unspecified atom stereocenters. The highest BCUT2D eigenvalue weighted by atomic mass is 19.4. The summed E-state index contributed by atoms with van der Waals surface area (Å²) in [7, 11) is 0. The van der Waals surface area contributed by atoms with Gasteiger partial charge in [-0.15, -0.1) is 0 Å². The van der Waals surface area contributed by atoms with Crippen molar-refractivity contribution in [3.8, 4) is 0 Å². The Morgan fingerprint density at radius 2 is 1.53 bits per heavy atom. The first-order valence-corrected chi connectivity index (χ1v) is 11.0. The van der Waals surface area contributed by atoms with E-state index < -0.39 is 41.0 Å². The van der Waals surface area contributed by atoms with Crippen LogP contribution in [0.25, 0.3) is 0 Å². The SMILES string of the molecule is CC(C)(C)OC(=O)N(Cc1ccccc1)Nc1ncc(C(=O)NCc2ccccc2)c(C(F)(F)F)n1. The van der Waals surface area contributed by atoms with Gasteiger partial charge >= 0.3 is 12.3 Å². The molecule has 0 aliphatic heterocycles. The number of hydrazine groups is 1. The minimum Gasteiger partial charge on any atom is -0.442 e. The molecule has 3 rings (SSSR count). The summed E-state index contributed by atoms with van der Waals surface area (Å²) in [6.07, 6.45) is -5.02. The van der Waals surface area contributed by atoms with Crippen LogP contribution >= 0.6 is 0 Å². The predicted molar refractivity (Wildman–Crippen MR) is 126 cm³/mol. The van der Waals surface area contributed by atoms with Gasteiger partial charge in [0.15, 0.2) is 5.69 Å². The second-order valence-electron chi connectivity index (χ2n) is 8.79. The predicted octanol–water partition coefficient (Wildman–Crippen LogP) is 5.19. The lowest BCUT2D eigenvalue weighted by Gasteiger charge is -2.27. The van der Waals surface area contributed by atoms with Crippen molar-refractivity contribution in [3.63, 3.8) is 0 Å². The molecule has 0 saturated heterocycles. The molecule has 0 fully saturated rings. The normalized spacial score (nSPS) is 11.5. The molecule has 0 atom stereocenters. The zero-order valence-electron chi connectivity index (χ0n) is 20.0. The number of hydrogen-bond acceptors (Lipinski definition) is 6. The summed E-state index contributed by atoms with van der Waals surface area (Å²) in [5.41, 5.74) is 0.860. The highest BCUT2D eigenvalue weighted by molar-refractivity contribution is 5.95. The number of carbonyl (C=O) groups excluding carboxylic acids is 2. The summed E-state index contributed by atoms with van der Waals surface area (Å²) in [5.74, 6) is -1.50. The van der Waals surface area contributed by atoms with E-state index in [1.807, 2.05) is 0 Å². The number of ether oxygens (including phenoxy) is 1. The van der Waals surface area contributed by atoms with Crippen LogP contribution in [0.5, 0.6) is 0 Å². The van der Waals surface area contributed by atoms with Crippen LogP contribution in [0.1, 0.15) is 48.0 Å². The first-order chi connectivity index (χ1) is 16.9. The summed E-state index contributed by atoms with van der Waals surface area (Å²) >= 11 is 0. The summed E-state index contributed by atoms with van der Waals surface area (Å²) in [6.45, 7) is 4.96. The molecule has 1 heterocycles. The van der Waals surface area contributed by atoms with Crippen molar-refractivity contribution in [2.45, 2.75) is 45.6 Å². The van der Waals surface area contributed by atoms with Crippen LogP contribution in [0.4, 0.5) is 23.9 Å². The van der Waals surface area contributed by atoms with Crippen molar-refractivity contribution < 1.29 is 27.5 Å². The fraction of sp³-hybridized carbons (Fsp3) is 0.280. The van der Waals surface area contributed by atoms with E-state index in [-0.39, 0.29) is 13.1 Å². The summed E-state index contributed by atoms with van der Waals surface area (Å²) in [4.78, 5) is 32.7. The number of benzene rings is 2. The third kappa shape index (κ3) is 7.69. The molecule has 0 aliphatic carbocycles. The average Bonchev–Trinajstić information content (AvgIpc) is 2.82. The van der Waals surface area contributed by atoms with Crippen molar-refractivity contribution in [1.29, 1.82) is 0 Å². The van der Waals surface area contributed by atoms with Crippen molar-refractivity contribution in [1.82, 2.24) is 20.3 Å². The Hall–Kier alpha value is -4.15. The zero-order chi connectivity index (χ0) is 26.3. The van der Waals surface area contributed by atoms with E-state index in [1.165, 1.54) is 0 Å². The Kier molecular flexibility index (Phi) is 8.13. The summed E-state index contributed by atoms with van der Waals surface area (Å²) in [5, 5.41) is 3.40. The third-order valence-corrected chi connectivity index (χ3v) is 4.63. The van der Waals surface area contributed by atoms with E-state index in [4.69, 9.17) is 4.74 Å².